The van der Waals surface area contributed by atoms with Gasteiger partial charge in [-0.3, -0.25) is 4.18 Å². The van der Waals surface area contributed by atoms with Gasteiger partial charge in [0.15, 0.2) is 0 Å². The summed E-state index contributed by atoms with van der Waals surface area (Å²) >= 11 is 0. The van der Waals surface area contributed by atoms with Crippen molar-refractivity contribution in [3.05, 3.63) is 35.9 Å². The summed E-state index contributed by atoms with van der Waals surface area (Å²) in [6.45, 7) is -0.157. The molecular weight excluding hydrogens is 295 g/mol. The Balaban J connectivity index is 1.98. The fourth-order valence-electron chi connectivity index (χ4n) is 2.16. The minimum absolute atomic E-state index is 0.119. The van der Waals surface area contributed by atoms with Gasteiger partial charge in [-0.1, -0.05) is 18.2 Å². The van der Waals surface area contributed by atoms with Crippen molar-refractivity contribution in [2.45, 2.75) is 24.6 Å². The smallest absolute Gasteiger partial charge is 0.338 e. The summed E-state index contributed by atoms with van der Waals surface area (Å²) in [6, 6.07) is 8.49. The minimum atomic E-state index is -3.55. The molecule has 0 radical (unpaired) electrons. The van der Waals surface area contributed by atoms with Crippen molar-refractivity contribution in [1.82, 2.24) is 0 Å². The van der Waals surface area contributed by atoms with E-state index in [0.717, 1.165) is 6.26 Å². The van der Waals surface area contributed by atoms with Crippen LogP contribution in [0.4, 0.5) is 0 Å². The number of hydrogen-bond acceptors (Lipinski definition) is 6. The lowest BCUT2D eigenvalue weighted by atomic mass is 9.96. The molecule has 0 N–H and O–H groups in total. The highest BCUT2D eigenvalue weighted by Gasteiger charge is 2.36. The first-order chi connectivity index (χ1) is 9.85. The van der Waals surface area contributed by atoms with E-state index in [2.05, 4.69) is 0 Å². The topological polar surface area (TPSA) is 78.9 Å². The highest BCUT2D eigenvalue weighted by atomic mass is 32.2. The minimum Gasteiger partial charge on any atom is -0.456 e. The van der Waals surface area contributed by atoms with E-state index in [1.165, 1.54) is 0 Å². The number of ether oxygens (including phenoxy) is 2. The SMILES string of the molecule is B[C@H]1C[C@@H](OC(=O)c2ccccc2)[C@@H](COS(C)(=O)=O)O1. The highest BCUT2D eigenvalue weighted by Crippen LogP contribution is 2.23. The van der Waals surface area contributed by atoms with E-state index in [4.69, 9.17) is 13.7 Å². The molecule has 3 atom stereocenters. The van der Waals surface area contributed by atoms with Gasteiger partial charge in [-0.15, -0.1) is 0 Å². The first kappa shape index (κ1) is 16.0. The molecule has 8 heteroatoms. The van der Waals surface area contributed by atoms with Crippen LogP contribution in [0.25, 0.3) is 0 Å². The number of benzene rings is 1. The lowest BCUT2D eigenvalue weighted by Gasteiger charge is -2.18. The van der Waals surface area contributed by atoms with Gasteiger partial charge in [0, 0.05) is 12.4 Å². The highest BCUT2D eigenvalue weighted by molar-refractivity contribution is 7.85. The normalized spacial score (nSPS) is 25.7. The Morgan fingerprint density at radius 3 is 2.67 bits per heavy atom. The van der Waals surface area contributed by atoms with Crippen molar-refractivity contribution in [1.29, 1.82) is 0 Å². The summed E-state index contributed by atoms with van der Waals surface area (Å²) in [5, 5.41) is 0. The molecule has 0 aliphatic carbocycles. The zero-order valence-corrected chi connectivity index (χ0v) is 12.7. The molecule has 6 nitrogen and oxygen atoms in total. The standard InChI is InChI=1S/C13H17BO6S/c1-21(16,17)18-8-11-10(7-12(14)19-11)20-13(15)9-5-3-2-4-6-9/h2-6,10-12H,7-8,14H2,1H3/t10-,11-,12-/m1/s1. The lowest BCUT2D eigenvalue weighted by molar-refractivity contribution is -0.0178. The van der Waals surface area contributed by atoms with Gasteiger partial charge < -0.3 is 9.47 Å². The van der Waals surface area contributed by atoms with Crippen LogP contribution in [0.2, 0.25) is 0 Å². The molecule has 2 rings (SSSR count). The maximum atomic E-state index is 12.0. The van der Waals surface area contributed by atoms with E-state index >= 15 is 0 Å². The molecule has 1 heterocycles. The molecule has 0 bridgehead atoms. The average Bonchev–Trinajstić information content (AvgIpc) is 2.77. The molecule has 0 amide bonds. The summed E-state index contributed by atoms with van der Waals surface area (Å²) < 4.78 is 37.7. The summed E-state index contributed by atoms with van der Waals surface area (Å²) in [6.07, 6.45) is 0.379. The van der Waals surface area contributed by atoms with Crippen LogP contribution in [0.1, 0.15) is 16.8 Å². The Hall–Kier alpha value is -1.38. The predicted octanol–water partition coefficient (Wildman–Crippen LogP) is -0.0637. The van der Waals surface area contributed by atoms with Crippen molar-refractivity contribution in [3.63, 3.8) is 0 Å². The monoisotopic (exact) mass is 312 g/mol. The molecular formula is C13H17BO6S. The number of esters is 1. The molecule has 114 valence electrons. The molecule has 0 spiro atoms. The zero-order valence-electron chi connectivity index (χ0n) is 11.9. The number of rotatable bonds is 5. The van der Waals surface area contributed by atoms with E-state index < -0.39 is 28.3 Å². The van der Waals surface area contributed by atoms with E-state index in [-0.39, 0.29) is 12.6 Å². The van der Waals surface area contributed by atoms with Gasteiger partial charge >= 0.3 is 5.97 Å². The van der Waals surface area contributed by atoms with Gasteiger partial charge in [0.2, 0.25) is 0 Å². The maximum Gasteiger partial charge on any atom is 0.338 e. The summed E-state index contributed by atoms with van der Waals surface area (Å²) in [4.78, 5) is 12.0. The van der Waals surface area contributed by atoms with Crippen molar-refractivity contribution in [3.8, 4) is 0 Å². The number of carbonyl (C=O) groups is 1. The number of hydrogen-bond donors (Lipinski definition) is 0. The van der Waals surface area contributed by atoms with Crippen LogP contribution in [0.5, 0.6) is 0 Å². The molecule has 1 saturated heterocycles. The first-order valence-corrected chi connectivity index (χ1v) is 8.42. The molecule has 1 aromatic rings. The predicted molar refractivity (Wildman–Crippen MR) is 78.3 cm³/mol. The fraction of sp³-hybridized carbons (Fsp3) is 0.462. The Morgan fingerprint density at radius 2 is 2.05 bits per heavy atom. The summed E-state index contributed by atoms with van der Waals surface area (Å²) in [5.74, 6) is -0.456. The van der Waals surface area contributed by atoms with E-state index in [1.54, 1.807) is 30.3 Å². The molecule has 0 unspecified atom stereocenters. The zero-order chi connectivity index (χ0) is 15.5. The number of carbonyl (C=O) groups excluding carboxylic acids is 1. The molecule has 0 aromatic heterocycles. The third-order valence-electron chi connectivity index (χ3n) is 3.10. The van der Waals surface area contributed by atoms with Crippen LogP contribution in [-0.2, 0) is 23.8 Å². The van der Waals surface area contributed by atoms with Crippen LogP contribution >= 0.6 is 0 Å². The van der Waals surface area contributed by atoms with Gasteiger partial charge in [0.05, 0.1) is 18.4 Å². The van der Waals surface area contributed by atoms with Crippen molar-refractivity contribution < 1.29 is 26.9 Å². The maximum absolute atomic E-state index is 12.0. The first-order valence-electron chi connectivity index (χ1n) is 6.61. The van der Waals surface area contributed by atoms with E-state index in [0.29, 0.717) is 12.0 Å². The fourth-order valence-corrected chi connectivity index (χ4v) is 2.54. The second-order valence-electron chi connectivity index (χ2n) is 5.02. The molecule has 1 aliphatic heterocycles. The molecule has 1 aliphatic rings. The lowest BCUT2D eigenvalue weighted by Crippen LogP contribution is -2.32. The van der Waals surface area contributed by atoms with Gasteiger partial charge in [0.25, 0.3) is 10.1 Å². The van der Waals surface area contributed by atoms with Crippen LogP contribution < -0.4 is 0 Å². The largest absolute Gasteiger partial charge is 0.456 e. The van der Waals surface area contributed by atoms with Crippen LogP contribution in [0.15, 0.2) is 30.3 Å². The Morgan fingerprint density at radius 1 is 1.38 bits per heavy atom. The van der Waals surface area contributed by atoms with Crippen LogP contribution in [-0.4, -0.2) is 53.3 Å². The molecule has 1 aromatic carbocycles. The van der Waals surface area contributed by atoms with Gasteiger partial charge in [0.1, 0.15) is 20.1 Å². The Bertz CT molecular complexity index is 588. The van der Waals surface area contributed by atoms with Gasteiger partial charge in [-0.2, -0.15) is 8.42 Å². The van der Waals surface area contributed by atoms with Crippen LogP contribution in [0.3, 0.4) is 0 Å². The van der Waals surface area contributed by atoms with Gasteiger partial charge in [-0.05, 0) is 12.1 Å². The summed E-state index contributed by atoms with van der Waals surface area (Å²) in [7, 11) is -1.72. The van der Waals surface area contributed by atoms with Crippen molar-refractivity contribution >= 4 is 23.9 Å². The quantitative estimate of drug-likeness (QED) is 0.430. The average molecular weight is 312 g/mol. The second-order valence-corrected chi connectivity index (χ2v) is 6.66. The Labute approximate surface area is 124 Å². The molecule has 21 heavy (non-hydrogen) atoms. The van der Waals surface area contributed by atoms with Crippen molar-refractivity contribution in [2.24, 2.45) is 0 Å². The summed E-state index contributed by atoms with van der Waals surface area (Å²) in [5.41, 5.74) is 0.444. The van der Waals surface area contributed by atoms with E-state index in [1.807, 2.05) is 7.85 Å². The third kappa shape index (κ3) is 4.84. The van der Waals surface area contributed by atoms with Crippen molar-refractivity contribution in [2.75, 3.05) is 12.9 Å². The second kappa shape index (κ2) is 6.59. The third-order valence-corrected chi connectivity index (χ3v) is 3.66. The van der Waals surface area contributed by atoms with E-state index in [9.17, 15) is 13.2 Å². The molecule has 1 fully saturated rings. The molecule has 0 saturated carbocycles. The Kier molecular flexibility index (Phi) is 5.02. The van der Waals surface area contributed by atoms with Gasteiger partial charge in [-0.25, -0.2) is 4.79 Å². The van der Waals surface area contributed by atoms with Crippen LogP contribution in [0, 0.1) is 0 Å².